The lowest BCUT2D eigenvalue weighted by atomic mass is 10.1. The van der Waals surface area contributed by atoms with Gasteiger partial charge in [-0.25, -0.2) is 22.5 Å². The summed E-state index contributed by atoms with van der Waals surface area (Å²) < 4.78 is 67.7. The summed E-state index contributed by atoms with van der Waals surface area (Å²) >= 11 is 0. The fourth-order valence-electron chi connectivity index (χ4n) is 5.33. The summed E-state index contributed by atoms with van der Waals surface area (Å²) in [6, 6.07) is 12.3. The molecule has 8 nitrogen and oxygen atoms in total. The smallest absolute Gasteiger partial charge is 0.282 e. The third kappa shape index (κ3) is 4.69. The Morgan fingerprint density at radius 2 is 1.58 bits per heavy atom. The lowest BCUT2D eigenvalue weighted by Crippen LogP contribution is -2.36. The number of hydrogen-bond donors (Lipinski definition) is 0. The molecule has 0 unspecified atom stereocenters. The van der Waals surface area contributed by atoms with Gasteiger partial charge in [-0.2, -0.15) is 9.78 Å². The third-order valence-electron chi connectivity index (χ3n) is 7.50. The topological polar surface area (TPSA) is 78.1 Å². The lowest BCUT2D eigenvalue weighted by Gasteiger charge is -2.27. The molecular weight excluding hydrogens is 564 g/mol. The van der Waals surface area contributed by atoms with E-state index in [1.165, 1.54) is 41.2 Å². The van der Waals surface area contributed by atoms with Crippen LogP contribution in [0.3, 0.4) is 0 Å². The van der Waals surface area contributed by atoms with Crippen molar-refractivity contribution >= 4 is 16.7 Å². The van der Waals surface area contributed by atoms with Gasteiger partial charge in [0.15, 0.2) is 0 Å². The van der Waals surface area contributed by atoms with Crippen LogP contribution in [-0.2, 0) is 11.3 Å². The van der Waals surface area contributed by atoms with Gasteiger partial charge in [-0.3, -0.25) is 9.78 Å². The van der Waals surface area contributed by atoms with E-state index in [4.69, 9.17) is 4.74 Å². The molecule has 0 atom stereocenters. The lowest BCUT2D eigenvalue weighted by molar-refractivity contribution is 0.122. The summed E-state index contributed by atoms with van der Waals surface area (Å²) in [7, 11) is 0. The van der Waals surface area contributed by atoms with Crippen LogP contribution in [0.4, 0.5) is 23.4 Å². The van der Waals surface area contributed by atoms with Crippen LogP contribution in [0.15, 0.2) is 78.0 Å². The summed E-state index contributed by atoms with van der Waals surface area (Å²) in [6.45, 7) is 2.40. The molecule has 43 heavy (non-hydrogen) atoms. The number of halogens is 4. The number of rotatable bonds is 5. The molecule has 0 bridgehead atoms. The second kappa shape index (κ2) is 10.6. The first-order chi connectivity index (χ1) is 20.9. The zero-order valence-electron chi connectivity index (χ0n) is 22.5. The second-order valence-corrected chi connectivity index (χ2v) is 10.1. The van der Waals surface area contributed by atoms with Crippen molar-refractivity contribution in [2.45, 2.75) is 6.54 Å². The molecule has 3 aliphatic heterocycles. The van der Waals surface area contributed by atoms with Crippen molar-refractivity contribution in [2.75, 3.05) is 31.2 Å². The van der Waals surface area contributed by atoms with E-state index in [0.29, 0.717) is 24.3 Å². The Bertz CT molecular complexity index is 2020. The maximum Gasteiger partial charge on any atom is 0.282 e. The molecule has 7 rings (SSSR count). The normalized spacial score (nSPS) is 13.7. The number of ether oxygens (including phenoxy) is 1. The fraction of sp³-hybridized carbons (Fsp3) is 0.161. The minimum absolute atomic E-state index is 0.0649. The Kier molecular flexibility index (Phi) is 6.62. The van der Waals surface area contributed by atoms with Gasteiger partial charge in [0, 0.05) is 42.8 Å². The second-order valence-electron chi connectivity index (χ2n) is 10.1. The number of anilines is 1. The highest BCUT2D eigenvalue weighted by Crippen LogP contribution is 2.33. The van der Waals surface area contributed by atoms with E-state index in [1.54, 1.807) is 6.20 Å². The number of para-hydroxylation sites is 1. The van der Waals surface area contributed by atoms with Crippen molar-refractivity contribution in [3.63, 3.8) is 0 Å². The van der Waals surface area contributed by atoms with E-state index in [-0.39, 0.29) is 40.1 Å². The van der Waals surface area contributed by atoms with Gasteiger partial charge < -0.3 is 14.2 Å². The van der Waals surface area contributed by atoms with Crippen LogP contribution in [0.2, 0.25) is 0 Å². The first kappa shape index (κ1) is 26.8. The van der Waals surface area contributed by atoms with Crippen molar-refractivity contribution in [3.05, 3.63) is 113 Å². The minimum Gasteiger partial charge on any atom is -0.378 e. The summed E-state index contributed by atoms with van der Waals surface area (Å²) in [5, 5.41) is 3.88. The van der Waals surface area contributed by atoms with Gasteiger partial charge in [-0.1, -0.05) is 12.1 Å². The summed E-state index contributed by atoms with van der Waals surface area (Å²) in [5.41, 5.74) is -0.287. The van der Waals surface area contributed by atoms with Gasteiger partial charge in [-0.15, -0.1) is 0 Å². The molecule has 1 fully saturated rings. The van der Waals surface area contributed by atoms with Crippen molar-refractivity contribution in [1.29, 1.82) is 0 Å². The van der Waals surface area contributed by atoms with Crippen molar-refractivity contribution < 1.29 is 22.3 Å². The predicted octanol–water partition coefficient (Wildman–Crippen LogP) is 5.19. The zero-order valence-corrected chi connectivity index (χ0v) is 22.5. The van der Waals surface area contributed by atoms with Crippen molar-refractivity contribution in [2.24, 2.45) is 0 Å². The van der Waals surface area contributed by atoms with Gasteiger partial charge in [0.1, 0.15) is 40.5 Å². The number of hydrogen-bond acceptors (Lipinski definition) is 6. The molecular formula is C31H22F4N6O2. The molecule has 0 aliphatic carbocycles. The quantitative estimate of drug-likeness (QED) is 0.259. The molecule has 2 aromatic heterocycles. The van der Waals surface area contributed by atoms with E-state index >= 15 is 13.2 Å². The van der Waals surface area contributed by atoms with Crippen LogP contribution >= 0.6 is 0 Å². The number of fused-ring (bicyclic) bond motifs is 3. The molecule has 12 heteroatoms. The molecule has 4 aromatic rings. The fourth-order valence-corrected chi connectivity index (χ4v) is 5.33. The largest absolute Gasteiger partial charge is 0.378 e. The summed E-state index contributed by atoms with van der Waals surface area (Å²) in [6.07, 6.45) is 4.37. The Morgan fingerprint density at radius 3 is 2.33 bits per heavy atom. The molecule has 0 radical (unpaired) electrons. The predicted molar refractivity (Wildman–Crippen MR) is 151 cm³/mol. The van der Waals surface area contributed by atoms with E-state index in [0.717, 1.165) is 41.8 Å². The highest BCUT2D eigenvalue weighted by molar-refractivity contribution is 5.94. The van der Waals surface area contributed by atoms with Gasteiger partial charge >= 0.3 is 0 Å². The first-order valence-electron chi connectivity index (χ1n) is 13.5. The number of nitrogens with zero attached hydrogens (tertiary/aromatic N) is 6. The van der Waals surface area contributed by atoms with E-state index < -0.39 is 28.8 Å². The maximum atomic E-state index is 15.4. The van der Waals surface area contributed by atoms with Crippen molar-refractivity contribution in [3.8, 4) is 28.1 Å². The van der Waals surface area contributed by atoms with Crippen molar-refractivity contribution in [1.82, 2.24) is 24.3 Å². The SMILES string of the molecule is O=c1c2cn(Cc3ncc(-c4ccc(N5CCOCC5)nc4)cc3F)c3c(F)ccc(F)c3c-2nn1-c1ccccc1F. The maximum absolute atomic E-state index is 15.4. The van der Waals surface area contributed by atoms with E-state index in [9.17, 15) is 9.18 Å². The standard InChI is InChI=1S/C31H22F4N6O2/c32-21-3-1-2-4-26(21)41-31(42)20-16-40(30-23(34)7-6-22(33)28(30)29(20)38-41)17-25-24(35)13-19(15-36-25)18-5-8-27(37-14-18)39-9-11-43-12-10-39/h1-8,13-16H,9-12,17H2. The van der Waals surface area contributed by atoms with Crippen LogP contribution in [-0.4, -0.2) is 50.6 Å². The van der Waals surface area contributed by atoms with Gasteiger partial charge in [0.05, 0.1) is 41.9 Å². The third-order valence-corrected chi connectivity index (χ3v) is 7.50. The monoisotopic (exact) mass is 586 g/mol. The molecule has 2 aromatic carbocycles. The van der Waals surface area contributed by atoms with Crippen LogP contribution in [0.5, 0.6) is 0 Å². The number of aromatic nitrogens is 5. The summed E-state index contributed by atoms with van der Waals surface area (Å²) in [5.74, 6) is -2.26. The van der Waals surface area contributed by atoms with E-state index in [2.05, 4.69) is 20.0 Å². The molecule has 0 spiro atoms. The van der Waals surface area contributed by atoms with Gasteiger partial charge in [-0.05, 0) is 42.5 Å². The number of morpholine rings is 1. The molecule has 216 valence electrons. The van der Waals surface area contributed by atoms with Crippen LogP contribution in [0.1, 0.15) is 5.69 Å². The number of pyridine rings is 3. The molecule has 0 amide bonds. The molecule has 3 aliphatic rings. The average Bonchev–Trinajstić information content (AvgIpc) is 3.36. The van der Waals surface area contributed by atoms with Gasteiger partial charge in [0.25, 0.3) is 5.56 Å². The highest BCUT2D eigenvalue weighted by Gasteiger charge is 2.26. The molecule has 1 saturated heterocycles. The van der Waals surface area contributed by atoms with Crippen LogP contribution < -0.4 is 10.5 Å². The first-order valence-corrected chi connectivity index (χ1v) is 13.5. The Balaban J connectivity index is 1.28. The molecule has 0 saturated carbocycles. The summed E-state index contributed by atoms with van der Waals surface area (Å²) in [4.78, 5) is 24.2. The zero-order chi connectivity index (χ0) is 29.7. The Morgan fingerprint density at radius 1 is 0.814 bits per heavy atom. The minimum atomic E-state index is -0.842. The highest BCUT2D eigenvalue weighted by atomic mass is 19.1. The van der Waals surface area contributed by atoms with Crippen LogP contribution in [0, 0.1) is 23.3 Å². The Hall–Kier alpha value is -5.10. The van der Waals surface area contributed by atoms with E-state index in [1.807, 2.05) is 12.1 Å². The Labute approximate surface area is 241 Å². The molecule has 5 heterocycles. The van der Waals surface area contributed by atoms with Gasteiger partial charge in [0.2, 0.25) is 0 Å². The van der Waals surface area contributed by atoms with Crippen LogP contribution in [0.25, 0.3) is 39.0 Å². The molecule has 0 N–H and O–H groups in total. The number of benzene rings is 2. The average molecular weight is 587 g/mol.